The quantitative estimate of drug-likeness (QED) is 0.820. The lowest BCUT2D eigenvalue weighted by atomic mass is 10.2. The largest absolute Gasteiger partial charge is 0.323 e. The van der Waals surface area contributed by atoms with Crippen molar-refractivity contribution in [3.63, 3.8) is 0 Å². The Morgan fingerprint density at radius 2 is 2.22 bits per heavy atom. The highest BCUT2D eigenvalue weighted by Crippen LogP contribution is 2.30. The van der Waals surface area contributed by atoms with Gasteiger partial charge in [-0.1, -0.05) is 0 Å². The summed E-state index contributed by atoms with van der Waals surface area (Å²) in [7, 11) is 0. The molecule has 1 aliphatic rings. The van der Waals surface area contributed by atoms with Crippen molar-refractivity contribution in [3.05, 3.63) is 25.6 Å². The van der Waals surface area contributed by atoms with E-state index in [0.29, 0.717) is 4.77 Å². The lowest BCUT2D eigenvalue weighted by molar-refractivity contribution is 0.531. The van der Waals surface area contributed by atoms with Crippen LogP contribution in [0.2, 0.25) is 0 Å². The molecule has 1 unspecified atom stereocenters. The van der Waals surface area contributed by atoms with Crippen molar-refractivity contribution in [1.82, 2.24) is 9.55 Å². The number of nitrogens with zero attached hydrogens (tertiary/aromatic N) is 1. The van der Waals surface area contributed by atoms with Crippen molar-refractivity contribution < 1.29 is 0 Å². The fourth-order valence-electron chi connectivity index (χ4n) is 2.40. The summed E-state index contributed by atoms with van der Waals surface area (Å²) < 4.78 is 2.36. The first-order valence-corrected chi connectivity index (χ1v) is 8.30. The molecular weight excluding hydrogens is 284 g/mol. The van der Waals surface area contributed by atoms with Crippen molar-refractivity contribution in [2.24, 2.45) is 0 Å². The van der Waals surface area contributed by atoms with Crippen LogP contribution in [0.1, 0.15) is 22.9 Å². The van der Waals surface area contributed by atoms with Crippen LogP contribution in [0.25, 0.3) is 10.2 Å². The number of rotatable bonds is 1. The highest BCUT2D eigenvalue weighted by atomic mass is 32.2. The van der Waals surface area contributed by atoms with Gasteiger partial charge in [0.25, 0.3) is 5.56 Å². The summed E-state index contributed by atoms with van der Waals surface area (Å²) in [6.45, 7) is 4.06. The molecule has 1 atom stereocenters. The minimum atomic E-state index is 0.0862. The Morgan fingerprint density at radius 1 is 1.44 bits per heavy atom. The van der Waals surface area contributed by atoms with Crippen molar-refractivity contribution in [1.29, 1.82) is 0 Å². The SMILES string of the molecule is Cc1sc2[nH]c(=S)n(C3CCSC3)c(=O)c2c1C. The van der Waals surface area contributed by atoms with E-state index < -0.39 is 0 Å². The van der Waals surface area contributed by atoms with E-state index >= 15 is 0 Å². The van der Waals surface area contributed by atoms with Gasteiger partial charge in [0.2, 0.25) is 0 Å². The van der Waals surface area contributed by atoms with Crippen LogP contribution in [0, 0.1) is 18.6 Å². The van der Waals surface area contributed by atoms with Crippen molar-refractivity contribution in [2.45, 2.75) is 26.3 Å². The zero-order valence-electron chi connectivity index (χ0n) is 10.3. The number of fused-ring (bicyclic) bond motifs is 1. The Kier molecular flexibility index (Phi) is 3.11. The maximum absolute atomic E-state index is 12.6. The van der Waals surface area contributed by atoms with Gasteiger partial charge < -0.3 is 4.98 Å². The molecule has 0 amide bonds. The van der Waals surface area contributed by atoms with E-state index in [9.17, 15) is 4.79 Å². The van der Waals surface area contributed by atoms with Gasteiger partial charge in [0.15, 0.2) is 4.77 Å². The standard InChI is InChI=1S/C12H14N2OS3/c1-6-7(2)18-10-9(6)11(15)14(12(16)13-10)8-3-4-17-5-8/h8H,3-5H2,1-2H3,(H,13,16). The molecule has 0 radical (unpaired) electrons. The van der Waals surface area contributed by atoms with Crippen molar-refractivity contribution in [2.75, 3.05) is 11.5 Å². The number of thiophene rings is 1. The summed E-state index contributed by atoms with van der Waals surface area (Å²) in [5, 5.41) is 0.822. The molecule has 0 spiro atoms. The minimum Gasteiger partial charge on any atom is -0.323 e. The Hall–Kier alpha value is -0.590. The van der Waals surface area contributed by atoms with Crippen LogP contribution >= 0.6 is 35.3 Å². The van der Waals surface area contributed by atoms with Crippen LogP contribution in [0.15, 0.2) is 4.79 Å². The van der Waals surface area contributed by atoms with E-state index in [4.69, 9.17) is 12.2 Å². The third kappa shape index (κ3) is 1.78. The number of nitrogens with one attached hydrogen (secondary N) is 1. The monoisotopic (exact) mass is 298 g/mol. The van der Waals surface area contributed by atoms with Gasteiger partial charge in [-0.05, 0) is 43.8 Å². The summed E-state index contributed by atoms with van der Waals surface area (Å²) in [6, 6.07) is 0.259. The average Bonchev–Trinajstić information content (AvgIpc) is 2.89. The fourth-order valence-corrected chi connectivity index (χ4v) is 5.04. The lowest BCUT2D eigenvalue weighted by Gasteiger charge is -2.12. The maximum Gasteiger partial charge on any atom is 0.263 e. The number of H-pyrrole nitrogens is 1. The maximum atomic E-state index is 12.6. The molecular formula is C12H14N2OS3. The summed E-state index contributed by atoms with van der Waals surface area (Å²) in [6.07, 6.45) is 1.04. The second-order valence-electron chi connectivity index (χ2n) is 4.61. The predicted molar refractivity (Wildman–Crippen MR) is 81.7 cm³/mol. The average molecular weight is 298 g/mol. The minimum absolute atomic E-state index is 0.0862. The molecule has 1 saturated heterocycles. The normalized spacial score (nSPS) is 19.8. The molecule has 2 aromatic heterocycles. The van der Waals surface area contributed by atoms with E-state index in [1.165, 1.54) is 4.88 Å². The smallest absolute Gasteiger partial charge is 0.263 e. The van der Waals surface area contributed by atoms with Crippen LogP contribution in [0.5, 0.6) is 0 Å². The van der Waals surface area contributed by atoms with E-state index in [0.717, 1.165) is 33.7 Å². The number of aromatic nitrogens is 2. The van der Waals surface area contributed by atoms with Crippen molar-refractivity contribution >= 4 is 45.5 Å². The molecule has 2 aromatic rings. The summed E-state index contributed by atoms with van der Waals surface area (Å²) >= 11 is 8.87. The van der Waals surface area contributed by atoms with Crippen LogP contribution in [0.4, 0.5) is 0 Å². The molecule has 0 saturated carbocycles. The van der Waals surface area contributed by atoms with Crippen LogP contribution < -0.4 is 5.56 Å². The second-order valence-corrected chi connectivity index (χ2v) is 7.37. The molecule has 18 heavy (non-hydrogen) atoms. The van der Waals surface area contributed by atoms with Gasteiger partial charge in [0, 0.05) is 16.7 Å². The Labute approximate surface area is 118 Å². The predicted octanol–water partition coefficient (Wildman–Crippen LogP) is 3.42. The number of thioether (sulfide) groups is 1. The molecule has 3 rings (SSSR count). The highest BCUT2D eigenvalue weighted by Gasteiger charge is 2.22. The van der Waals surface area contributed by atoms with E-state index in [-0.39, 0.29) is 11.6 Å². The van der Waals surface area contributed by atoms with Gasteiger partial charge in [-0.25, -0.2) is 0 Å². The number of hydrogen-bond acceptors (Lipinski definition) is 4. The van der Waals surface area contributed by atoms with E-state index in [1.54, 1.807) is 15.9 Å². The first-order chi connectivity index (χ1) is 8.59. The molecule has 1 aliphatic heterocycles. The number of hydrogen-bond donors (Lipinski definition) is 1. The van der Waals surface area contributed by atoms with E-state index in [1.807, 2.05) is 25.6 Å². The Balaban J connectivity index is 2.35. The molecule has 96 valence electrons. The second kappa shape index (κ2) is 4.51. The molecule has 1 fully saturated rings. The molecule has 3 heterocycles. The molecule has 3 nitrogen and oxygen atoms in total. The first kappa shape index (κ1) is 12.4. The van der Waals surface area contributed by atoms with Crippen molar-refractivity contribution in [3.8, 4) is 0 Å². The van der Waals surface area contributed by atoms with Gasteiger partial charge in [-0.15, -0.1) is 11.3 Å². The van der Waals surface area contributed by atoms with Gasteiger partial charge in [0.05, 0.1) is 5.39 Å². The first-order valence-electron chi connectivity index (χ1n) is 5.92. The van der Waals surface area contributed by atoms with Gasteiger partial charge in [-0.2, -0.15) is 11.8 Å². The lowest BCUT2D eigenvalue weighted by Crippen LogP contribution is -2.26. The molecule has 6 heteroatoms. The Bertz CT molecular complexity index is 719. The van der Waals surface area contributed by atoms with Gasteiger partial charge >= 0.3 is 0 Å². The number of aromatic amines is 1. The van der Waals surface area contributed by atoms with Crippen LogP contribution in [-0.4, -0.2) is 21.1 Å². The summed E-state index contributed by atoms with van der Waals surface area (Å²) in [5.41, 5.74) is 1.17. The van der Waals surface area contributed by atoms with Gasteiger partial charge in [0.1, 0.15) is 4.83 Å². The molecule has 0 bridgehead atoms. The zero-order valence-corrected chi connectivity index (χ0v) is 12.7. The molecule has 1 N–H and O–H groups in total. The summed E-state index contributed by atoms with van der Waals surface area (Å²) in [5.74, 6) is 2.11. The zero-order chi connectivity index (χ0) is 12.9. The van der Waals surface area contributed by atoms with Gasteiger partial charge in [-0.3, -0.25) is 9.36 Å². The third-order valence-electron chi connectivity index (χ3n) is 3.53. The molecule has 0 aromatic carbocycles. The fraction of sp³-hybridized carbons (Fsp3) is 0.500. The van der Waals surface area contributed by atoms with Crippen LogP contribution in [0.3, 0.4) is 0 Å². The Morgan fingerprint density at radius 3 is 2.89 bits per heavy atom. The summed E-state index contributed by atoms with van der Waals surface area (Å²) in [4.78, 5) is 18.0. The highest BCUT2D eigenvalue weighted by molar-refractivity contribution is 7.99. The topological polar surface area (TPSA) is 37.8 Å². The van der Waals surface area contributed by atoms with E-state index in [2.05, 4.69) is 4.98 Å². The number of aryl methyl sites for hydroxylation is 2. The van der Waals surface area contributed by atoms with Crippen LogP contribution in [-0.2, 0) is 0 Å². The molecule has 0 aliphatic carbocycles. The third-order valence-corrected chi connectivity index (χ3v) is 6.09.